The molecule has 9 nitrogen and oxygen atoms in total. The molecule has 3 aliphatic rings. The van der Waals surface area contributed by atoms with Crippen LogP contribution in [0.15, 0.2) is 42.5 Å². The fraction of sp³-hybridized carbons (Fsp3) is 0.407. The first-order valence-corrected chi connectivity index (χ1v) is 13.6. The van der Waals surface area contributed by atoms with E-state index in [1.807, 2.05) is 32.1 Å². The second kappa shape index (κ2) is 10.1. The molecule has 1 atom stereocenters. The van der Waals surface area contributed by atoms with Gasteiger partial charge in [-0.25, -0.2) is 14.5 Å². The Kier molecular flexibility index (Phi) is 6.52. The van der Waals surface area contributed by atoms with Crippen molar-refractivity contribution in [3.05, 3.63) is 52.9 Å². The third-order valence-corrected chi connectivity index (χ3v) is 7.93. The van der Waals surface area contributed by atoms with Gasteiger partial charge in [-0.3, -0.25) is 5.32 Å². The van der Waals surface area contributed by atoms with Crippen LogP contribution in [0.3, 0.4) is 0 Å². The van der Waals surface area contributed by atoms with E-state index in [0.717, 1.165) is 52.8 Å². The second-order valence-corrected chi connectivity index (χ2v) is 10.9. The Morgan fingerprint density at radius 3 is 2.95 bits per heavy atom. The maximum absolute atomic E-state index is 12.4. The minimum atomic E-state index is -0.561. The molecule has 0 bridgehead atoms. The monoisotopic (exact) mass is 518 g/mol. The van der Waals surface area contributed by atoms with Gasteiger partial charge in [0, 0.05) is 47.8 Å². The number of hydrogen-bond acceptors (Lipinski definition) is 8. The third kappa shape index (κ3) is 4.91. The fourth-order valence-corrected chi connectivity index (χ4v) is 5.70. The van der Waals surface area contributed by atoms with Gasteiger partial charge < -0.3 is 14.8 Å². The van der Waals surface area contributed by atoms with Crippen molar-refractivity contribution in [1.82, 2.24) is 25.1 Å². The first kappa shape index (κ1) is 23.9. The average Bonchev–Trinajstić information content (AvgIpc) is 3.43. The quantitative estimate of drug-likeness (QED) is 0.476. The summed E-state index contributed by atoms with van der Waals surface area (Å²) in [5.74, 6) is 2.45. The summed E-state index contributed by atoms with van der Waals surface area (Å²) in [7, 11) is 0. The molecule has 1 unspecified atom stereocenters. The van der Waals surface area contributed by atoms with E-state index in [4.69, 9.17) is 14.5 Å². The number of carbonyl (C=O) groups excluding carboxylic acids is 1. The highest BCUT2D eigenvalue weighted by Gasteiger charge is 2.27. The molecule has 1 amide bonds. The van der Waals surface area contributed by atoms with Crippen molar-refractivity contribution in [2.24, 2.45) is 5.92 Å². The number of nitrogens with one attached hydrogen (secondary N) is 2. The number of amides is 1. The molecule has 1 aromatic carbocycles. The molecular formula is C27H30N6O3S. The lowest BCUT2D eigenvalue weighted by atomic mass is 9.92. The maximum Gasteiger partial charge on any atom is 0.414 e. The van der Waals surface area contributed by atoms with E-state index in [1.54, 1.807) is 16.0 Å². The van der Waals surface area contributed by atoms with E-state index < -0.39 is 6.09 Å². The van der Waals surface area contributed by atoms with E-state index in [9.17, 15) is 4.79 Å². The summed E-state index contributed by atoms with van der Waals surface area (Å²) in [5, 5.41) is 11.3. The lowest BCUT2D eigenvalue weighted by molar-refractivity contribution is 0.149. The number of nitrogens with zero attached hydrogens (tertiary/aromatic N) is 4. The Bertz CT molecular complexity index is 1370. The summed E-state index contributed by atoms with van der Waals surface area (Å²) < 4.78 is 13.3. The largest absolute Gasteiger partial charge is 0.492 e. The number of benzene rings is 1. The van der Waals surface area contributed by atoms with Crippen LogP contribution >= 0.6 is 11.3 Å². The molecule has 37 heavy (non-hydrogen) atoms. The van der Waals surface area contributed by atoms with Gasteiger partial charge in [0.05, 0.1) is 18.9 Å². The summed E-state index contributed by atoms with van der Waals surface area (Å²) in [6, 6.07) is 6.51. The zero-order valence-corrected chi connectivity index (χ0v) is 21.8. The van der Waals surface area contributed by atoms with Gasteiger partial charge in [-0.15, -0.1) is 16.4 Å². The average molecular weight is 519 g/mol. The molecule has 192 valence electrons. The highest BCUT2D eigenvalue weighted by atomic mass is 32.1. The van der Waals surface area contributed by atoms with Crippen LogP contribution in [-0.4, -0.2) is 52.1 Å². The Morgan fingerprint density at radius 2 is 2.19 bits per heavy atom. The summed E-state index contributed by atoms with van der Waals surface area (Å²) in [5.41, 5.74) is 3.25. The normalized spacial score (nSPS) is 18.5. The van der Waals surface area contributed by atoms with Crippen molar-refractivity contribution in [2.75, 3.05) is 31.6 Å². The molecule has 2 aliphatic heterocycles. The van der Waals surface area contributed by atoms with E-state index in [0.29, 0.717) is 25.0 Å². The highest BCUT2D eigenvalue weighted by molar-refractivity contribution is 7.15. The van der Waals surface area contributed by atoms with E-state index >= 15 is 0 Å². The van der Waals surface area contributed by atoms with E-state index in [2.05, 4.69) is 45.0 Å². The Labute approximate surface area is 219 Å². The first-order valence-electron chi connectivity index (χ1n) is 12.8. The molecule has 2 aromatic heterocycles. The number of carbonyl (C=O) groups is 1. The van der Waals surface area contributed by atoms with Gasteiger partial charge in [0.2, 0.25) is 0 Å². The standard InChI is InChI=1S/C27H30N6O3S/c1-16(2)33-24(30-26(32-33)31-27(34)36-15-17-6-4-3-5-7-17)25-29-23-20-9-8-18(19-13-28-14-19)12-21(20)35-11-10-22(23)37-25/h3-6,8-9,12,16-17,19,28H,7,10-11,13-15H2,1-2H3,(H,31,32,34). The summed E-state index contributed by atoms with van der Waals surface area (Å²) in [6.07, 6.45) is 9.14. The molecule has 0 spiro atoms. The summed E-state index contributed by atoms with van der Waals surface area (Å²) in [4.78, 5) is 23.2. The van der Waals surface area contributed by atoms with Crippen molar-refractivity contribution in [1.29, 1.82) is 0 Å². The minimum Gasteiger partial charge on any atom is -0.492 e. The molecule has 1 saturated heterocycles. The van der Waals surface area contributed by atoms with Gasteiger partial charge in [-0.05, 0) is 38.0 Å². The van der Waals surface area contributed by atoms with Gasteiger partial charge in [0.15, 0.2) is 10.8 Å². The number of thiazole rings is 1. The van der Waals surface area contributed by atoms with Gasteiger partial charge >= 0.3 is 6.09 Å². The van der Waals surface area contributed by atoms with E-state index in [-0.39, 0.29) is 17.9 Å². The van der Waals surface area contributed by atoms with Crippen LogP contribution in [0, 0.1) is 5.92 Å². The van der Waals surface area contributed by atoms with E-state index in [1.165, 1.54) is 5.56 Å². The van der Waals surface area contributed by atoms with Crippen molar-refractivity contribution in [3.63, 3.8) is 0 Å². The number of fused-ring (bicyclic) bond motifs is 3. The molecule has 0 radical (unpaired) electrons. The maximum atomic E-state index is 12.4. The second-order valence-electron chi connectivity index (χ2n) is 9.83. The number of allylic oxidation sites excluding steroid dienone is 3. The number of hydrogen-bond donors (Lipinski definition) is 2. The molecule has 3 aromatic rings. The predicted octanol–water partition coefficient (Wildman–Crippen LogP) is 4.95. The number of aromatic nitrogens is 4. The fourth-order valence-electron chi connectivity index (χ4n) is 4.66. The Balaban J connectivity index is 1.24. The van der Waals surface area contributed by atoms with Crippen molar-refractivity contribution in [3.8, 4) is 27.8 Å². The molecule has 2 N–H and O–H groups in total. The van der Waals surface area contributed by atoms with Crippen LogP contribution in [0.4, 0.5) is 10.7 Å². The predicted molar refractivity (Wildman–Crippen MR) is 143 cm³/mol. The van der Waals surface area contributed by atoms with Gasteiger partial charge in [-0.2, -0.15) is 4.98 Å². The molecular weight excluding hydrogens is 488 g/mol. The summed E-state index contributed by atoms with van der Waals surface area (Å²) >= 11 is 1.60. The number of ether oxygens (including phenoxy) is 2. The van der Waals surface area contributed by atoms with Gasteiger partial charge in [0.25, 0.3) is 5.95 Å². The smallest absolute Gasteiger partial charge is 0.414 e. The highest BCUT2D eigenvalue weighted by Crippen LogP contribution is 2.41. The van der Waals surface area contributed by atoms with Crippen molar-refractivity contribution >= 4 is 23.4 Å². The lowest BCUT2D eigenvalue weighted by Crippen LogP contribution is -2.39. The molecule has 1 fully saturated rings. The summed E-state index contributed by atoms with van der Waals surface area (Å²) in [6.45, 7) is 6.99. The Hall–Kier alpha value is -3.50. The lowest BCUT2D eigenvalue weighted by Gasteiger charge is -2.28. The van der Waals surface area contributed by atoms with Crippen LogP contribution in [0.25, 0.3) is 22.1 Å². The topological polar surface area (TPSA) is 103 Å². The number of anilines is 1. The Morgan fingerprint density at radius 1 is 1.30 bits per heavy atom. The number of rotatable bonds is 6. The zero-order valence-electron chi connectivity index (χ0n) is 20.9. The SMILES string of the molecule is CC(C)n1nc(NC(=O)OCC2C=CC=CC2)nc1-c1nc2c(s1)CCOc1cc(C3CNC3)ccc1-2. The van der Waals surface area contributed by atoms with Crippen LogP contribution in [0.2, 0.25) is 0 Å². The first-order chi connectivity index (χ1) is 18.0. The van der Waals surface area contributed by atoms with Gasteiger partial charge in [-0.1, -0.05) is 30.4 Å². The molecule has 10 heteroatoms. The van der Waals surface area contributed by atoms with Crippen LogP contribution in [0.5, 0.6) is 5.75 Å². The molecule has 4 heterocycles. The zero-order chi connectivity index (χ0) is 25.4. The van der Waals surface area contributed by atoms with Crippen molar-refractivity contribution < 1.29 is 14.3 Å². The van der Waals surface area contributed by atoms with Crippen LogP contribution in [0.1, 0.15) is 42.7 Å². The molecule has 6 rings (SSSR count). The van der Waals surface area contributed by atoms with Gasteiger partial charge in [0.1, 0.15) is 5.75 Å². The van der Waals surface area contributed by atoms with Crippen LogP contribution in [-0.2, 0) is 11.2 Å². The minimum absolute atomic E-state index is 0.0335. The van der Waals surface area contributed by atoms with Crippen molar-refractivity contribution in [2.45, 2.75) is 38.6 Å². The van der Waals surface area contributed by atoms with Crippen LogP contribution < -0.4 is 15.4 Å². The third-order valence-electron chi connectivity index (χ3n) is 6.82. The molecule has 0 saturated carbocycles. The molecule has 1 aliphatic carbocycles.